The topological polar surface area (TPSA) is 107 Å². The van der Waals surface area contributed by atoms with E-state index in [-0.39, 0.29) is 34.7 Å². The van der Waals surface area contributed by atoms with Gasteiger partial charge >= 0.3 is 23.2 Å². The average Bonchev–Trinajstić information content (AvgIpc) is 3.24. The van der Waals surface area contributed by atoms with Crippen molar-refractivity contribution in [3.63, 3.8) is 0 Å². The molecule has 2 N–H and O–H groups in total. The molecule has 11 heteroatoms. The summed E-state index contributed by atoms with van der Waals surface area (Å²) in [5, 5.41) is 13.7. The van der Waals surface area contributed by atoms with Crippen LogP contribution in [0.3, 0.4) is 0 Å². The van der Waals surface area contributed by atoms with Crippen LogP contribution in [0.4, 0.5) is 4.79 Å². The Hall–Kier alpha value is -1.61. The number of nitrogens with zero attached hydrogens (tertiary/aromatic N) is 1. The molecule has 3 fully saturated rings. The van der Waals surface area contributed by atoms with E-state index in [1.54, 1.807) is 12.1 Å². The minimum atomic E-state index is -2.83. The number of benzene rings is 1. The van der Waals surface area contributed by atoms with Gasteiger partial charge in [0, 0.05) is 6.42 Å². The third-order valence-corrected chi connectivity index (χ3v) is 18.9. The molecule has 0 saturated carbocycles. The van der Waals surface area contributed by atoms with Crippen molar-refractivity contribution in [1.82, 2.24) is 10.2 Å². The molecule has 3 aliphatic heterocycles. The predicted octanol–water partition coefficient (Wildman–Crippen LogP) is 5.10. The van der Waals surface area contributed by atoms with Gasteiger partial charge in [0.05, 0.1) is 25.2 Å². The molecule has 0 bridgehead atoms. The van der Waals surface area contributed by atoms with Crippen LogP contribution >= 0.6 is 0 Å². The van der Waals surface area contributed by atoms with Crippen molar-refractivity contribution in [2.75, 3.05) is 6.61 Å². The van der Waals surface area contributed by atoms with Crippen molar-refractivity contribution in [3.8, 4) is 0 Å². The number of ether oxygens (including phenoxy) is 1. The third-order valence-electron chi connectivity index (χ3n) is 8.58. The lowest BCUT2D eigenvalue weighted by Gasteiger charge is -2.51. The Balaban J connectivity index is 1.68. The number of carbonyl (C=O) groups excluding carboxylic acids is 2. The van der Waals surface area contributed by atoms with Crippen LogP contribution < -0.4 is 5.32 Å². The highest BCUT2D eigenvalue weighted by Gasteiger charge is 2.60. The van der Waals surface area contributed by atoms with E-state index in [2.05, 4.69) is 60.7 Å². The van der Waals surface area contributed by atoms with E-state index in [0.29, 0.717) is 18.6 Å². The van der Waals surface area contributed by atoms with Crippen molar-refractivity contribution < 1.29 is 32.4 Å². The van der Waals surface area contributed by atoms with Gasteiger partial charge in [-0.3, -0.25) is 15.0 Å². The van der Waals surface area contributed by atoms with Crippen LogP contribution in [0.5, 0.6) is 0 Å². The van der Waals surface area contributed by atoms with E-state index in [0.717, 1.165) is 0 Å². The summed E-state index contributed by atoms with van der Waals surface area (Å²) in [6, 6.07) is 7.78. The van der Waals surface area contributed by atoms with Crippen molar-refractivity contribution in [1.29, 1.82) is 0 Å². The van der Waals surface area contributed by atoms with E-state index in [1.165, 1.54) is 4.90 Å². The van der Waals surface area contributed by atoms with Crippen molar-refractivity contribution in [3.05, 3.63) is 35.9 Å². The second kappa shape index (κ2) is 11.7. The molecular weight excluding hydrogens is 532 g/mol. The van der Waals surface area contributed by atoms with Crippen LogP contribution in [0.15, 0.2) is 30.3 Å². The molecule has 1 aromatic rings. The van der Waals surface area contributed by atoms with Gasteiger partial charge in [-0.1, -0.05) is 85.7 Å². The second-order valence-corrected chi connectivity index (χ2v) is 21.2. The molecule has 3 saturated heterocycles. The van der Waals surface area contributed by atoms with E-state index < -0.39 is 53.5 Å². The number of hydrogen-bond acceptors (Lipinski definition) is 7. The summed E-state index contributed by atoms with van der Waals surface area (Å²) in [6.07, 6.45) is -2.07. The number of rotatable bonds is 7. The van der Waals surface area contributed by atoms with Gasteiger partial charge in [-0.15, -0.1) is 0 Å². The number of carbonyl (C=O) groups is 2. The number of fused-ring (bicyclic) bond motifs is 1. The highest BCUT2D eigenvalue weighted by Crippen LogP contribution is 2.48. The summed E-state index contributed by atoms with van der Waals surface area (Å²) < 4.78 is 27.7. The predicted molar refractivity (Wildman–Crippen MR) is 152 cm³/mol. The first-order valence-electron chi connectivity index (χ1n) is 14.3. The summed E-state index contributed by atoms with van der Waals surface area (Å²) >= 11 is 0. The first kappa shape index (κ1) is 30.4. The molecule has 3 heterocycles. The highest BCUT2D eigenvalue weighted by molar-refractivity contribution is 6.83. The van der Waals surface area contributed by atoms with Gasteiger partial charge in [0.15, 0.2) is 0 Å². The number of hydrogen-bond donors (Lipinski definition) is 2. The Morgan fingerprint density at radius 1 is 0.897 bits per heavy atom. The maximum atomic E-state index is 13.2. The Morgan fingerprint density at radius 2 is 1.49 bits per heavy atom. The van der Waals surface area contributed by atoms with Crippen LogP contribution in [-0.2, 0) is 22.5 Å². The average molecular weight is 579 g/mol. The minimum Gasteiger partial charge on any atom is -0.414 e. The molecule has 0 aromatic heterocycles. The van der Waals surface area contributed by atoms with Gasteiger partial charge in [0.1, 0.15) is 18.4 Å². The number of nitrogens with one attached hydrogen (secondary N) is 1. The van der Waals surface area contributed by atoms with Crippen LogP contribution in [0.1, 0.15) is 79.9 Å². The lowest BCUT2D eigenvalue weighted by atomic mass is 9.96. The molecule has 0 unspecified atom stereocenters. The molecule has 9 nitrogen and oxygen atoms in total. The molecule has 0 spiro atoms. The van der Waals surface area contributed by atoms with E-state index in [9.17, 15) is 14.7 Å². The molecule has 3 amide bonds. The molecule has 0 aliphatic carbocycles. The van der Waals surface area contributed by atoms with Crippen molar-refractivity contribution in [2.24, 2.45) is 0 Å². The minimum absolute atomic E-state index is 0.0230. The zero-order valence-electron chi connectivity index (χ0n) is 24.5. The molecule has 3 aliphatic rings. The normalized spacial score (nSPS) is 29.9. The lowest BCUT2D eigenvalue weighted by molar-refractivity contribution is -0.131. The molecule has 4 rings (SSSR count). The van der Waals surface area contributed by atoms with Crippen LogP contribution in [0.25, 0.3) is 0 Å². The van der Waals surface area contributed by atoms with Crippen LogP contribution in [0.2, 0.25) is 22.2 Å². The fourth-order valence-corrected chi connectivity index (χ4v) is 17.7. The summed E-state index contributed by atoms with van der Waals surface area (Å²) in [6.45, 7) is 17.7. The molecule has 5 atom stereocenters. The van der Waals surface area contributed by atoms with Gasteiger partial charge in [0.25, 0.3) is 0 Å². The maximum Gasteiger partial charge on any atom is 0.335 e. The summed E-state index contributed by atoms with van der Waals surface area (Å²) in [5.74, 6) is -0.413. The van der Waals surface area contributed by atoms with Crippen molar-refractivity contribution in [2.45, 2.75) is 121 Å². The van der Waals surface area contributed by atoms with Gasteiger partial charge in [-0.2, -0.15) is 0 Å². The molecule has 0 radical (unpaired) electrons. The lowest BCUT2D eigenvalue weighted by Crippen LogP contribution is -2.65. The van der Waals surface area contributed by atoms with Crippen LogP contribution in [-0.4, -0.2) is 70.2 Å². The molecule has 218 valence electrons. The van der Waals surface area contributed by atoms with Crippen molar-refractivity contribution >= 4 is 29.1 Å². The zero-order chi connectivity index (χ0) is 28.7. The fraction of sp³-hybridized carbons (Fsp3) is 0.714. The van der Waals surface area contributed by atoms with E-state index in [4.69, 9.17) is 17.7 Å². The Morgan fingerprint density at radius 3 is 2.05 bits per heavy atom. The Bertz CT molecular complexity index is 1010. The second-order valence-electron chi connectivity index (χ2n) is 12.4. The number of imide groups is 1. The highest BCUT2D eigenvalue weighted by atomic mass is 28.5. The van der Waals surface area contributed by atoms with Gasteiger partial charge < -0.3 is 22.8 Å². The Kier molecular flexibility index (Phi) is 9.12. The first-order chi connectivity index (χ1) is 18.3. The quantitative estimate of drug-likeness (QED) is 0.434. The molecule has 39 heavy (non-hydrogen) atoms. The smallest absolute Gasteiger partial charge is 0.335 e. The fourth-order valence-electron chi connectivity index (χ4n) is 6.46. The monoisotopic (exact) mass is 578 g/mol. The van der Waals surface area contributed by atoms with Gasteiger partial charge in [-0.05, 0) is 27.7 Å². The standard InChI is InChI=1S/C28H46N2O7Si2/c1-17(2)38(18(3)4)34-16-24-23(36-39(37-38,19(5)6)20(7)8)15-26(35-24)30-22(14-25(31)29-28(30)33)27(32)21-12-10-9-11-13-21/h9-13,17-20,22-24,26-27,32H,14-16H2,1-8H3,(H,29,31,33)/t22-,23+,24+,26+,27+/m1/s1. The van der Waals surface area contributed by atoms with Gasteiger partial charge in [0.2, 0.25) is 5.91 Å². The number of amides is 3. The number of aliphatic hydroxyl groups excluding tert-OH is 1. The summed E-state index contributed by atoms with van der Waals surface area (Å²) in [7, 11) is -5.55. The first-order valence-corrected chi connectivity index (χ1v) is 18.3. The van der Waals surface area contributed by atoms with E-state index in [1.807, 2.05) is 18.2 Å². The molecule has 1 aromatic carbocycles. The maximum absolute atomic E-state index is 13.2. The van der Waals surface area contributed by atoms with Gasteiger partial charge in [-0.25, -0.2) is 4.79 Å². The summed E-state index contributed by atoms with van der Waals surface area (Å²) in [5.41, 5.74) is 1.41. The largest absolute Gasteiger partial charge is 0.414 e. The van der Waals surface area contributed by atoms with Crippen LogP contribution in [0, 0.1) is 0 Å². The van der Waals surface area contributed by atoms with E-state index >= 15 is 0 Å². The molecular formula is C28H46N2O7Si2. The third kappa shape index (κ3) is 5.64. The Labute approximate surface area is 235 Å². The number of aliphatic hydroxyl groups is 1. The zero-order valence-corrected chi connectivity index (χ0v) is 26.5. The summed E-state index contributed by atoms with van der Waals surface area (Å²) in [4.78, 5) is 27.1. The SMILES string of the molecule is CC(C)[Si]1(C(C)C)OC[C@@H]2O[C@H](N3C(=O)NC(=O)C[C@@H]3[C@@H](O)c3ccccc3)C[C@@H]2O[Si](C(C)C)(C(C)C)O1. The number of urea groups is 1.